The number of rotatable bonds is 3. The van der Waals surface area contributed by atoms with E-state index >= 15 is 0 Å². The van der Waals surface area contributed by atoms with Gasteiger partial charge in [0.15, 0.2) is 0 Å². The number of nitrogens with zero attached hydrogens (tertiary/aromatic N) is 1. The average molecular weight is 262 g/mol. The highest BCUT2D eigenvalue weighted by atomic mass is 19.1. The van der Waals surface area contributed by atoms with Gasteiger partial charge in [-0.2, -0.15) is 0 Å². The molecule has 0 spiro atoms. The molecule has 0 fully saturated rings. The summed E-state index contributed by atoms with van der Waals surface area (Å²) in [5, 5.41) is 11.2. The molecule has 1 heterocycles. The molecular formula is C13H11FN2O3. The van der Waals surface area contributed by atoms with Crippen LogP contribution in [-0.4, -0.2) is 21.6 Å². The number of benzene rings is 1. The van der Waals surface area contributed by atoms with E-state index in [9.17, 15) is 14.0 Å². The molecule has 0 saturated heterocycles. The summed E-state index contributed by atoms with van der Waals surface area (Å²) in [6, 6.07) is 6.48. The van der Waals surface area contributed by atoms with Gasteiger partial charge in [-0.25, -0.2) is 9.18 Å². The molecule has 2 N–H and O–H groups in total. The number of carboxylic acids is 1. The first-order valence-corrected chi connectivity index (χ1v) is 5.44. The van der Waals surface area contributed by atoms with Crippen LogP contribution in [0.25, 0.3) is 0 Å². The van der Waals surface area contributed by atoms with Gasteiger partial charge in [-0.1, -0.05) is 0 Å². The molecule has 0 saturated carbocycles. The maximum atomic E-state index is 13.5. The zero-order chi connectivity index (χ0) is 14.0. The minimum Gasteiger partial charge on any atom is -0.478 e. The Bertz CT molecular complexity index is 649. The van der Waals surface area contributed by atoms with E-state index in [1.165, 1.54) is 0 Å². The van der Waals surface area contributed by atoms with Crippen LogP contribution in [0.1, 0.15) is 20.8 Å². The van der Waals surface area contributed by atoms with Crippen molar-refractivity contribution in [3.05, 3.63) is 53.6 Å². The SMILES string of the molecule is Cn1cccc1C(=O)Nc1cc(C(=O)O)ccc1F. The Morgan fingerprint density at radius 3 is 2.63 bits per heavy atom. The van der Waals surface area contributed by atoms with Gasteiger partial charge in [-0.05, 0) is 30.3 Å². The smallest absolute Gasteiger partial charge is 0.335 e. The third-order valence-electron chi connectivity index (χ3n) is 2.64. The van der Waals surface area contributed by atoms with Crippen molar-refractivity contribution in [2.45, 2.75) is 0 Å². The molecule has 19 heavy (non-hydrogen) atoms. The lowest BCUT2D eigenvalue weighted by Crippen LogP contribution is -2.16. The lowest BCUT2D eigenvalue weighted by molar-refractivity contribution is 0.0696. The van der Waals surface area contributed by atoms with Gasteiger partial charge in [0.2, 0.25) is 0 Å². The summed E-state index contributed by atoms with van der Waals surface area (Å²) in [5.41, 5.74) is 0.0924. The lowest BCUT2D eigenvalue weighted by atomic mass is 10.2. The number of anilines is 1. The topological polar surface area (TPSA) is 71.3 Å². The Morgan fingerprint density at radius 1 is 1.32 bits per heavy atom. The van der Waals surface area contributed by atoms with E-state index in [1.807, 2.05) is 0 Å². The number of aromatic carboxylic acids is 1. The van der Waals surface area contributed by atoms with E-state index < -0.39 is 17.7 Å². The van der Waals surface area contributed by atoms with Crippen LogP contribution in [-0.2, 0) is 7.05 Å². The Labute approximate surface area is 108 Å². The number of hydrogen-bond donors (Lipinski definition) is 2. The maximum absolute atomic E-state index is 13.5. The van der Waals surface area contributed by atoms with Crippen LogP contribution in [0.3, 0.4) is 0 Å². The summed E-state index contributed by atoms with van der Waals surface area (Å²) in [7, 11) is 1.68. The third kappa shape index (κ3) is 2.62. The Balaban J connectivity index is 2.28. The molecule has 6 heteroatoms. The first kappa shape index (κ1) is 12.8. The van der Waals surface area contributed by atoms with E-state index in [0.29, 0.717) is 5.69 Å². The van der Waals surface area contributed by atoms with Crippen LogP contribution in [0.5, 0.6) is 0 Å². The van der Waals surface area contributed by atoms with Crippen molar-refractivity contribution in [2.75, 3.05) is 5.32 Å². The molecule has 1 aromatic heterocycles. The summed E-state index contributed by atoms with van der Waals surface area (Å²) in [4.78, 5) is 22.7. The fourth-order valence-electron chi connectivity index (χ4n) is 1.64. The highest BCUT2D eigenvalue weighted by molar-refractivity contribution is 6.03. The van der Waals surface area contributed by atoms with Gasteiger partial charge in [-0.15, -0.1) is 0 Å². The molecule has 0 aliphatic carbocycles. The minimum absolute atomic E-state index is 0.0939. The second-order valence-corrected chi connectivity index (χ2v) is 3.96. The number of carbonyl (C=O) groups excluding carboxylic acids is 1. The fraction of sp³-hybridized carbons (Fsp3) is 0.0769. The van der Waals surface area contributed by atoms with E-state index in [4.69, 9.17) is 5.11 Å². The Hall–Kier alpha value is -2.63. The van der Waals surface area contributed by atoms with Crippen LogP contribution in [0.2, 0.25) is 0 Å². The van der Waals surface area contributed by atoms with Crippen LogP contribution >= 0.6 is 0 Å². The van der Waals surface area contributed by atoms with Gasteiger partial charge in [0.05, 0.1) is 11.3 Å². The highest BCUT2D eigenvalue weighted by Gasteiger charge is 2.13. The van der Waals surface area contributed by atoms with Crippen molar-refractivity contribution in [3.63, 3.8) is 0 Å². The fourth-order valence-corrected chi connectivity index (χ4v) is 1.64. The van der Waals surface area contributed by atoms with E-state index in [-0.39, 0.29) is 11.3 Å². The van der Waals surface area contributed by atoms with Crippen molar-refractivity contribution >= 4 is 17.6 Å². The molecule has 2 rings (SSSR count). The lowest BCUT2D eigenvalue weighted by Gasteiger charge is -2.08. The molecule has 2 aromatic rings. The molecular weight excluding hydrogens is 251 g/mol. The number of nitrogens with one attached hydrogen (secondary N) is 1. The second kappa shape index (κ2) is 4.93. The van der Waals surface area contributed by atoms with Gasteiger partial charge < -0.3 is 15.0 Å². The van der Waals surface area contributed by atoms with Crippen molar-refractivity contribution in [1.29, 1.82) is 0 Å². The van der Waals surface area contributed by atoms with Gasteiger partial charge in [0.1, 0.15) is 11.5 Å². The summed E-state index contributed by atoms with van der Waals surface area (Å²) in [6.07, 6.45) is 1.68. The van der Waals surface area contributed by atoms with Crippen molar-refractivity contribution < 1.29 is 19.1 Å². The van der Waals surface area contributed by atoms with Gasteiger partial charge in [0, 0.05) is 13.2 Å². The molecule has 0 atom stereocenters. The number of aryl methyl sites for hydroxylation is 1. The van der Waals surface area contributed by atoms with Crippen LogP contribution in [0, 0.1) is 5.82 Å². The molecule has 1 aromatic carbocycles. The van der Waals surface area contributed by atoms with Crippen LogP contribution in [0.4, 0.5) is 10.1 Å². The molecule has 5 nitrogen and oxygen atoms in total. The number of carboxylic acid groups (broad SMARTS) is 1. The minimum atomic E-state index is -1.19. The zero-order valence-electron chi connectivity index (χ0n) is 10.1. The van der Waals surface area contributed by atoms with Gasteiger partial charge in [0.25, 0.3) is 5.91 Å². The standard InChI is InChI=1S/C13H11FN2O3/c1-16-6-2-3-11(16)12(17)15-10-7-8(13(18)19)4-5-9(10)14/h2-7H,1H3,(H,15,17)(H,18,19). The molecule has 0 aliphatic rings. The van der Waals surface area contributed by atoms with Gasteiger partial charge in [-0.3, -0.25) is 4.79 Å². The Kier molecular flexibility index (Phi) is 3.33. The molecule has 98 valence electrons. The molecule has 1 amide bonds. The van der Waals surface area contributed by atoms with Crippen LogP contribution < -0.4 is 5.32 Å². The van der Waals surface area contributed by atoms with E-state index in [0.717, 1.165) is 18.2 Å². The average Bonchev–Trinajstić information content (AvgIpc) is 2.78. The third-order valence-corrected chi connectivity index (χ3v) is 2.64. The number of hydrogen-bond acceptors (Lipinski definition) is 2. The van der Waals surface area contributed by atoms with Crippen molar-refractivity contribution in [1.82, 2.24) is 4.57 Å². The first-order valence-electron chi connectivity index (χ1n) is 5.44. The number of amides is 1. The van der Waals surface area contributed by atoms with Crippen molar-refractivity contribution in [2.24, 2.45) is 7.05 Å². The number of halogens is 1. The normalized spacial score (nSPS) is 10.2. The molecule has 0 bridgehead atoms. The number of carbonyl (C=O) groups is 2. The predicted molar refractivity (Wildman–Crippen MR) is 66.7 cm³/mol. The summed E-state index contributed by atoms with van der Waals surface area (Å²) >= 11 is 0. The predicted octanol–water partition coefficient (Wildman–Crippen LogP) is 2.11. The number of aromatic nitrogens is 1. The van der Waals surface area contributed by atoms with E-state index in [1.54, 1.807) is 29.9 Å². The quantitative estimate of drug-likeness (QED) is 0.889. The zero-order valence-corrected chi connectivity index (χ0v) is 10.1. The van der Waals surface area contributed by atoms with Crippen LogP contribution in [0.15, 0.2) is 36.5 Å². The largest absolute Gasteiger partial charge is 0.478 e. The van der Waals surface area contributed by atoms with E-state index in [2.05, 4.69) is 5.32 Å². The molecule has 0 unspecified atom stereocenters. The summed E-state index contributed by atoms with van der Waals surface area (Å²) < 4.78 is 15.1. The second-order valence-electron chi connectivity index (χ2n) is 3.96. The first-order chi connectivity index (χ1) is 8.99. The maximum Gasteiger partial charge on any atom is 0.335 e. The molecule has 0 aliphatic heterocycles. The summed E-state index contributed by atoms with van der Waals surface area (Å²) in [5.74, 6) is -2.38. The van der Waals surface area contributed by atoms with Gasteiger partial charge >= 0.3 is 5.97 Å². The summed E-state index contributed by atoms with van der Waals surface area (Å²) in [6.45, 7) is 0. The highest BCUT2D eigenvalue weighted by Crippen LogP contribution is 2.17. The Morgan fingerprint density at radius 2 is 2.05 bits per heavy atom. The monoisotopic (exact) mass is 262 g/mol. The van der Waals surface area contributed by atoms with Crippen molar-refractivity contribution in [3.8, 4) is 0 Å². The molecule has 0 radical (unpaired) electrons.